The number of rotatable bonds is 6. The number of fused-ring (bicyclic) bond motifs is 2. The number of carbonyl (C=O) groups is 1. The number of para-hydroxylation sites is 1. The quantitative estimate of drug-likeness (QED) is 0.591. The third kappa shape index (κ3) is 3.55. The summed E-state index contributed by atoms with van der Waals surface area (Å²) in [5.41, 5.74) is 3.21. The van der Waals surface area contributed by atoms with Crippen LogP contribution in [0.5, 0.6) is 11.5 Å². The molecule has 0 aliphatic carbocycles. The molecule has 4 rings (SSSR count). The van der Waals surface area contributed by atoms with E-state index in [9.17, 15) is 4.79 Å². The van der Waals surface area contributed by atoms with Gasteiger partial charge in [-0.15, -0.1) is 0 Å². The number of halogens is 1. The van der Waals surface area contributed by atoms with Crippen molar-refractivity contribution in [3.05, 3.63) is 58.2 Å². The normalized spacial score (nSPS) is 12.5. The first-order chi connectivity index (χ1) is 12.7. The van der Waals surface area contributed by atoms with Gasteiger partial charge in [0, 0.05) is 33.6 Å². The fourth-order valence-electron chi connectivity index (χ4n) is 3.06. The third-order valence-corrected chi connectivity index (χ3v) is 5.17. The number of aromatic nitrogens is 1. The Hall–Kier alpha value is -2.47. The molecular formula is C20H18BrNO4. The van der Waals surface area contributed by atoms with Crippen LogP contribution in [0.25, 0.3) is 10.9 Å². The zero-order valence-electron chi connectivity index (χ0n) is 14.1. The van der Waals surface area contributed by atoms with Gasteiger partial charge >= 0.3 is 5.97 Å². The highest BCUT2D eigenvalue weighted by atomic mass is 79.9. The molecule has 0 saturated heterocycles. The van der Waals surface area contributed by atoms with E-state index in [1.54, 1.807) is 0 Å². The van der Waals surface area contributed by atoms with E-state index in [0.717, 1.165) is 28.4 Å². The minimum Gasteiger partial charge on any atom is -0.461 e. The van der Waals surface area contributed by atoms with Crippen LogP contribution in [0.4, 0.5) is 0 Å². The molecule has 0 atom stereocenters. The molecule has 6 heteroatoms. The number of esters is 1. The fourth-order valence-corrected chi connectivity index (χ4v) is 3.50. The molecule has 134 valence electrons. The van der Waals surface area contributed by atoms with Crippen molar-refractivity contribution < 1.29 is 19.0 Å². The van der Waals surface area contributed by atoms with Crippen molar-refractivity contribution >= 4 is 32.8 Å². The van der Waals surface area contributed by atoms with E-state index in [1.807, 2.05) is 30.5 Å². The number of carbonyl (C=O) groups excluding carboxylic acids is 1. The molecule has 3 aromatic rings. The van der Waals surface area contributed by atoms with E-state index < -0.39 is 0 Å². The Labute approximate surface area is 159 Å². The monoisotopic (exact) mass is 415 g/mol. The third-order valence-electron chi connectivity index (χ3n) is 4.43. The van der Waals surface area contributed by atoms with Gasteiger partial charge in [-0.3, -0.25) is 4.79 Å². The maximum absolute atomic E-state index is 12.1. The largest absolute Gasteiger partial charge is 0.461 e. The number of benzene rings is 2. The predicted octanol–water partition coefficient (Wildman–Crippen LogP) is 4.73. The van der Waals surface area contributed by atoms with Crippen LogP contribution >= 0.6 is 15.9 Å². The molecule has 2 heterocycles. The van der Waals surface area contributed by atoms with Crippen molar-refractivity contribution in [2.45, 2.75) is 25.9 Å². The molecule has 5 nitrogen and oxygen atoms in total. The summed E-state index contributed by atoms with van der Waals surface area (Å²) in [7, 11) is 0. The molecule has 0 radical (unpaired) electrons. The molecule has 26 heavy (non-hydrogen) atoms. The van der Waals surface area contributed by atoms with Gasteiger partial charge in [0.1, 0.15) is 6.61 Å². The molecule has 1 N–H and O–H groups in total. The standard InChI is InChI=1S/C20H18BrNO4/c21-16-9-19-18(25-12-26-19)8-14(16)11-24-20(23)7-3-4-13-10-22-17-6-2-1-5-15(13)17/h1-2,5-6,8-10,22H,3-4,7,11-12H2. The topological polar surface area (TPSA) is 60.6 Å². The number of ether oxygens (including phenoxy) is 3. The van der Waals surface area contributed by atoms with Crippen LogP contribution in [0.15, 0.2) is 47.1 Å². The lowest BCUT2D eigenvalue weighted by Crippen LogP contribution is -2.05. The van der Waals surface area contributed by atoms with E-state index in [2.05, 4.69) is 33.0 Å². The van der Waals surface area contributed by atoms with Crippen LogP contribution in [-0.2, 0) is 22.6 Å². The summed E-state index contributed by atoms with van der Waals surface area (Å²) in [6.45, 7) is 0.433. The van der Waals surface area contributed by atoms with Crippen LogP contribution in [0.1, 0.15) is 24.0 Å². The van der Waals surface area contributed by atoms with Gasteiger partial charge in [-0.25, -0.2) is 0 Å². The Bertz CT molecular complexity index is 950. The van der Waals surface area contributed by atoms with E-state index in [1.165, 1.54) is 10.9 Å². The minimum atomic E-state index is -0.200. The number of aromatic amines is 1. The highest BCUT2D eigenvalue weighted by Gasteiger charge is 2.17. The molecule has 2 aromatic carbocycles. The molecule has 0 bridgehead atoms. The van der Waals surface area contributed by atoms with Gasteiger partial charge in [0.05, 0.1) is 0 Å². The van der Waals surface area contributed by atoms with Crippen molar-refractivity contribution in [2.75, 3.05) is 6.79 Å². The predicted molar refractivity (Wildman–Crippen MR) is 101 cm³/mol. The average Bonchev–Trinajstić information content (AvgIpc) is 3.26. The molecule has 0 unspecified atom stereocenters. The molecule has 1 aliphatic heterocycles. The maximum Gasteiger partial charge on any atom is 0.306 e. The van der Waals surface area contributed by atoms with Gasteiger partial charge in [-0.05, 0) is 36.6 Å². The molecule has 0 saturated carbocycles. The van der Waals surface area contributed by atoms with E-state index >= 15 is 0 Å². The fraction of sp³-hybridized carbons (Fsp3) is 0.250. The van der Waals surface area contributed by atoms with E-state index in [-0.39, 0.29) is 19.4 Å². The lowest BCUT2D eigenvalue weighted by Gasteiger charge is -2.08. The van der Waals surface area contributed by atoms with Crippen molar-refractivity contribution in [3.63, 3.8) is 0 Å². The highest BCUT2D eigenvalue weighted by Crippen LogP contribution is 2.37. The Balaban J connectivity index is 1.28. The van der Waals surface area contributed by atoms with Crippen LogP contribution < -0.4 is 9.47 Å². The SMILES string of the molecule is O=C(CCCc1c[nH]c2ccccc12)OCc1cc2c(cc1Br)OCO2. The number of hydrogen-bond acceptors (Lipinski definition) is 4. The number of hydrogen-bond donors (Lipinski definition) is 1. The van der Waals surface area contributed by atoms with E-state index in [4.69, 9.17) is 14.2 Å². The van der Waals surface area contributed by atoms with Gasteiger partial charge in [-0.1, -0.05) is 34.1 Å². The molecule has 0 fully saturated rings. The Morgan fingerprint density at radius 3 is 2.85 bits per heavy atom. The molecular weight excluding hydrogens is 398 g/mol. The lowest BCUT2D eigenvalue weighted by molar-refractivity contribution is -0.145. The van der Waals surface area contributed by atoms with Crippen molar-refractivity contribution in [1.82, 2.24) is 4.98 Å². The highest BCUT2D eigenvalue weighted by molar-refractivity contribution is 9.10. The maximum atomic E-state index is 12.1. The van der Waals surface area contributed by atoms with Crippen molar-refractivity contribution in [2.24, 2.45) is 0 Å². The first-order valence-electron chi connectivity index (χ1n) is 8.49. The Kier molecular flexibility index (Phi) is 4.84. The first kappa shape index (κ1) is 17.0. The first-order valence-corrected chi connectivity index (χ1v) is 9.28. The minimum absolute atomic E-state index is 0.200. The zero-order chi connectivity index (χ0) is 17.9. The number of H-pyrrole nitrogens is 1. The Morgan fingerprint density at radius 2 is 1.96 bits per heavy atom. The summed E-state index contributed by atoms with van der Waals surface area (Å²) in [6, 6.07) is 11.9. The van der Waals surface area contributed by atoms with Crippen LogP contribution in [0.3, 0.4) is 0 Å². The van der Waals surface area contributed by atoms with Crippen molar-refractivity contribution in [1.29, 1.82) is 0 Å². The zero-order valence-corrected chi connectivity index (χ0v) is 15.7. The summed E-state index contributed by atoms with van der Waals surface area (Å²) in [5.74, 6) is 1.18. The van der Waals surface area contributed by atoms with E-state index in [0.29, 0.717) is 17.9 Å². The smallest absolute Gasteiger partial charge is 0.306 e. The van der Waals surface area contributed by atoms with Gasteiger partial charge in [0.25, 0.3) is 0 Å². The summed E-state index contributed by atoms with van der Waals surface area (Å²) in [5, 5.41) is 1.21. The molecule has 0 spiro atoms. The summed E-state index contributed by atoms with van der Waals surface area (Å²) < 4.78 is 16.9. The van der Waals surface area contributed by atoms with Crippen LogP contribution in [0, 0.1) is 0 Å². The number of nitrogens with one attached hydrogen (secondary N) is 1. The van der Waals surface area contributed by atoms with Gasteiger partial charge in [0.2, 0.25) is 6.79 Å². The Morgan fingerprint density at radius 1 is 1.15 bits per heavy atom. The number of aryl methyl sites for hydroxylation is 1. The summed E-state index contributed by atoms with van der Waals surface area (Å²) in [4.78, 5) is 15.3. The average molecular weight is 416 g/mol. The lowest BCUT2D eigenvalue weighted by atomic mass is 10.1. The van der Waals surface area contributed by atoms with Gasteiger partial charge in [0.15, 0.2) is 11.5 Å². The van der Waals surface area contributed by atoms with Crippen LogP contribution in [-0.4, -0.2) is 17.7 Å². The summed E-state index contributed by atoms with van der Waals surface area (Å²) >= 11 is 3.47. The second kappa shape index (κ2) is 7.41. The van der Waals surface area contributed by atoms with Gasteiger partial charge < -0.3 is 19.2 Å². The van der Waals surface area contributed by atoms with Gasteiger partial charge in [-0.2, -0.15) is 0 Å². The van der Waals surface area contributed by atoms with Crippen LogP contribution in [0.2, 0.25) is 0 Å². The second-order valence-electron chi connectivity index (χ2n) is 6.17. The summed E-state index contributed by atoms with van der Waals surface area (Å²) in [6.07, 6.45) is 4.00. The molecule has 1 aromatic heterocycles. The second-order valence-corrected chi connectivity index (χ2v) is 7.02. The molecule has 1 aliphatic rings. The molecule has 0 amide bonds. The van der Waals surface area contributed by atoms with Crippen molar-refractivity contribution in [3.8, 4) is 11.5 Å².